The van der Waals surface area contributed by atoms with Gasteiger partial charge < -0.3 is 14.6 Å². The number of carboxylic acids is 1. The van der Waals surface area contributed by atoms with Gasteiger partial charge in [-0.05, 0) is 32.9 Å². The van der Waals surface area contributed by atoms with Crippen molar-refractivity contribution in [3.8, 4) is 5.75 Å². The SMILES string of the molecule is CC(CC(C)(C)OOC(=O)C(=O)O)OC(=O)C(=O)Oc1ccccc1. The molecular formula is C16H18O9. The van der Waals surface area contributed by atoms with Crippen LogP contribution in [0.25, 0.3) is 0 Å². The number of hydrogen-bond acceptors (Lipinski definition) is 8. The van der Waals surface area contributed by atoms with E-state index in [0.29, 0.717) is 0 Å². The first kappa shape index (κ1) is 20.1. The molecule has 9 nitrogen and oxygen atoms in total. The third-order valence-corrected chi connectivity index (χ3v) is 2.73. The molecule has 1 N–H and O–H groups in total. The molecule has 0 aliphatic carbocycles. The van der Waals surface area contributed by atoms with Crippen molar-refractivity contribution in [1.29, 1.82) is 0 Å². The lowest BCUT2D eigenvalue weighted by molar-refractivity contribution is -0.327. The molecular weight excluding hydrogens is 336 g/mol. The number of carbonyl (C=O) groups is 4. The molecule has 0 bridgehead atoms. The molecule has 136 valence electrons. The third kappa shape index (κ3) is 7.44. The standard InChI is InChI=1S/C16H18O9/c1-10(9-16(2,3)25-24-13(19)12(17)18)22-14(20)15(21)23-11-7-5-4-6-8-11/h4-8,10H,9H2,1-3H3,(H,17,18). The molecule has 0 radical (unpaired) electrons. The lowest BCUT2D eigenvalue weighted by atomic mass is 10.0. The van der Waals surface area contributed by atoms with E-state index in [1.54, 1.807) is 18.2 Å². The zero-order valence-corrected chi connectivity index (χ0v) is 13.9. The molecule has 1 rings (SSSR count). The fraction of sp³-hybridized carbons (Fsp3) is 0.375. The fourth-order valence-electron chi connectivity index (χ4n) is 1.82. The maximum atomic E-state index is 11.7. The van der Waals surface area contributed by atoms with Crippen molar-refractivity contribution in [2.24, 2.45) is 0 Å². The van der Waals surface area contributed by atoms with Crippen molar-refractivity contribution in [2.75, 3.05) is 0 Å². The Labute approximate surface area is 143 Å². The Balaban J connectivity index is 2.47. The summed E-state index contributed by atoms with van der Waals surface area (Å²) in [5.74, 6) is -5.58. The van der Waals surface area contributed by atoms with Crippen LogP contribution >= 0.6 is 0 Å². The van der Waals surface area contributed by atoms with Gasteiger partial charge in [0.25, 0.3) is 0 Å². The van der Waals surface area contributed by atoms with Gasteiger partial charge in [-0.2, -0.15) is 4.89 Å². The summed E-state index contributed by atoms with van der Waals surface area (Å²) in [7, 11) is 0. The van der Waals surface area contributed by atoms with E-state index >= 15 is 0 Å². The second-order valence-corrected chi connectivity index (χ2v) is 5.64. The second-order valence-electron chi connectivity index (χ2n) is 5.64. The molecule has 0 aliphatic heterocycles. The van der Waals surface area contributed by atoms with Gasteiger partial charge in [-0.15, -0.1) is 0 Å². The van der Waals surface area contributed by atoms with Crippen LogP contribution in [-0.2, 0) is 33.7 Å². The van der Waals surface area contributed by atoms with E-state index in [2.05, 4.69) is 4.89 Å². The van der Waals surface area contributed by atoms with Gasteiger partial charge in [0, 0.05) is 6.42 Å². The van der Waals surface area contributed by atoms with Crippen molar-refractivity contribution in [3.63, 3.8) is 0 Å². The van der Waals surface area contributed by atoms with E-state index in [4.69, 9.17) is 19.5 Å². The van der Waals surface area contributed by atoms with Crippen molar-refractivity contribution in [3.05, 3.63) is 30.3 Å². The lowest BCUT2D eigenvalue weighted by Gasteiger charge is -2.25. The highest BCUT2D eigenvalue weighted by molar-refractivity contribution is 6.30. The van der Waals surface area contributed by atoms with Gasteiger partial charge in [-0.25, -0.2) is 19.2 Å². The van der Waals surface area contributed by atoms with Crippen molar-refractivity contribution in [1.82, 2.24) is 0 Å². The van der Waals surface area contributed by atoms with Gasteiger partial charge in [0.05, 0.1) is 0 Å². The van der Waals surface area contributed by atoms with Crippen LogP contribution in [0, 0.1) is 0 Å². The highest BCUT2D eigenvalue weighted by Gasteiger charge is 2.30. The molecule has 0 saturated heterocycles. The number of benzene rings is 1. The molecule has 0 fully saturated rings. The molecule has 0 amide bonds. The molecule has 0 spiro atoms. The summed E-state index contributed by atoms with van der Waals surface area (Å²) in [5.41, 5.74) is -1.16. The summed E-state index contributed by atoms with van der Waals surface area (Å²) >= 11 is 0. The summed E-state index contributed by atoms with van der Waals surface area (Å²) in [4.78, 5) is 53.3. The predicted octanol–water partition coefficient (Wildman–Crippen LogP) is 1.25. The first-order valence-electron chi connectivity index (χ1n) is 7.21. The minimum Gasteiger partial charge on any atom is -0.473 e. The quantitative estimate of drug-likeness (QED) is 0.264. The monoisotopic (exact) mass is 354 g/mol. The van der Waals surface area contributed by atoms with E-state index in [9.17, 15) is 19.2 Å². The van der Waals surface area contributed by atoms with E-state index in [1.165, 1.54) is 32.9 Å². The van der Waals surface area contributed by atoms with E-state index in [-0.39, 0.29) is 12.2 Å². The van der Waals surface area contributed by atoms with Crippen LogP contribution in [0.1, 0.15) is 27.2 Å². The number of aliphatic carboxylic acids is 1. The molecule has 0 saturated carbocycles. The molecule has 1 atom stereocenters. The minimum absolute atomic E-state index is 0.0181. The number of hydrogen-bond donors (Lipinski definition) is 1. The zero-order valence-electron chi connectivity index (χ0n) is 13.9. The summed E-state index contributed by atoms with van der Waals surface area (Å²) in [6.45, 7) is 4.45. The van der Waals surface area contributed by atoms with Crippen LogP contribution in [0.15, 0.2) is 30.3 Å². The molecule has 9 heteroatoms. The highest BCUT2D eigenvalue weighted by atomic mass is 17.2. The van der Waals surface area contributed by atoms with Gasteiger partial charge in [-0.3, -0.25) is 4.89 Å². The molecule has 25 heavy (non-hydrogen) atoms. The highest BCUT2D eigenvalue weighted by Crippen LogP contribution is 2.19. The summed E-state index contributed by atoms with van der Waals surface area (Å²) in [6.07, 6.45) is -0.779. The smallest absolute Gasteiger partial charge is 0.449 e. The second kappa shape index (κ2) is 8.78. The first-order chi connectivity index (χ1) is 11.6. The maximum Gasteiger partial charge on any atom is 0.449 e. The number of rotatable bonds is 6. The molecule has 1 aromatic rings. The van der Waals surface area contributed by atoms with Crippen molar-refractivity contribution < 1.29 is 43.5 Å². The van der Waals surface area contributed by atoms with Gasteiger partial charge in [0.2, 0.25) is 0 Å². The molecule has 0 aromatic heterocycles. The Morgan fingerprint density at radius 2 is 1.64 bits per heavy atom. The van der Waals surface area contributed by atoms with Crippen LogP contribution in [0.3, 0.4) is 0 Å². The number of carboxylic acid groups (broad SMARTS) is 1. The maximum absolute atomic E-state index is 11.7. The molecule has 0 heterocycles. The Bertz CT molecular complexity index is 636. The van der Waals surface area contributed by atoms with E-state index in [0.717, 1.165) is 0 Å². The zero-order chi connectivity index (χ0) is 19.0. The Morgan fingerprint density at radius 3 is 2.20 bits per heavy atom. The number of carbonyl (C=O) groups excluding carboxylic acids is 3. The third-order valence-electron chi connectivity index (χ3n) is 2.73. The number of para-hydroxylation sites is 1. The number of esters is 2. The Kier molecular flexibility index (Phi) is 7.06. The van der Waals surface area contributed by atoms with Crippen LogP contribution < -0.4 is 4.74 Å². The number of ether oxygens (including phenoxy) is 2. The first-order valence-corrected chi connectivity index (χ1v) is 7.21. The Hall–Kier alpha value is -2.94. The van der Waals surface area contributed by atoms with Crippen molar-refractivity contribution >= 4 is 23.9 Å². The lowest BCUT2D eigenvalue weighted by Crippen LogP contribution is -2.35. The van der Waals surface area contributed by atoms with E-state index in [1.807, 2.05) is 0 Å². The molecule has 0 aliphatic rings. The van der Waals surface area contributed by atoms with Crippen LogP contribution in [-0.4, -0.2) is 40.7 Å². The normalized spacial score (nSPS) is 12.0. The average molecular weight is 354 g/mol. The van der Waals surface area contributed by atoms with Gasteiger partial charge in [-0.1, -0.05) is 18.2 Å². The van der Waals surface area contributed by atoms with E-state index < -0.39 is 35.6 Å². The fourth-order valence-corrected chi connectivity index (χ4v) is 1.82. The minimum atomic E-state index is -1.81. The predicted molar refractivity (Wildman–Crippen MR) is 81.1 cm³/mol. The average Bonchev–Trinajstić information content (AvgIpc) is 2.52. The van der Waals surface area contributed by atoms with Gasteiger partial charge >= 0.3 is 23.9 Å². The Morgan fingerprint density at radius 1 is 1.04 bits per heavy atom. The molecule has 1 unspecified atom stereocenters. The summed E-state index contributed by atoms with van der Waals surface area (Å²) in [5, 5.41) is 8.39. The topological polar surface area (TPSA) is 125 Å². The van der Waals surface area contributed by atoms with Crippen molar-refractivity contribution in [2.45, 2.75) is 38.9 Å². The summed E-state index contributed by atoms with van der Waals surface area (Å²) < 4.78 is 9.76. The largest absolute Gasteiger partial charge is 0.473 e. The van der Waals surface area contributed by atoms with Crippen LogP contribution in [0.5, 0.6) is 5.75 Å². The van der Waals surface area contributed by atoms with Crippen LogP contribution in [0.4, 0.5) is 0 Å². The van der Waals surface area contributed by atoms with Crippen LogP contribution in [0.2, 0.25) is 0 Å². The summed E-state index contributed by atoms with van der Waals surface area (Å²) in [6, 6.07) is 7.99. The molecule has 1 aromatic carbocycles. The van der Waals surface area contributed by atoms with Gasteiger partial charge in [0.15, 0.2) is 0 Å². The van der Waals surface area contributed by atoms with Gasteiger partial charge in [0.1, 0.15) is 17.5 Å².